The smallest absolute Gasteiger partial charge is 0.417 e. The van der Waals surface area contributed by atoms with Crippen LogP contribution in [0.3, 0.4) is 0 Å². The second kappa shape index (κ2) is 11.0. The predicted octanol–water partition coefficient (Wildman–Crippen LogP) is 5.53. The molecule has 1 aliphatic rings. The summed E-state index contributed by atoms with van der Waals surface area (Å²) in [7, 11) is 1.23. The summed E-state index contributed by atoms with van der Waals surface area (Å²) in [5, 5.41) is 2.60. The first kappa shape index (κ1) is 27.9. The van der Waals surface area contributed by atoms with Crippen molar-refractivity contribution in [3.8, 4) is 22.4 Å². The molecule has 0 bridgehead atoms. The number of ether oxygens (including phenoxy) is 1. The monoisotopic (exact) mass is 547 g/mol. The average Bonchev–Trinajstić information content (AvgIpc) is 3.57. The number of H-pyrrole nitrogens is 1. The van der Waals surface area contributed by atoms with E-state index >= 15 is 0 Å². The number of carbonyl (C=O) groups excluding carboxylic acids is 2. The highest BCUT2D eigenvalue weighted by atomic mass is 19.4. The Balaban J connectivity index is 1.57. The summed E-state index contributed by atoms with van der Waals surface area (Å²) >= 11 is 0. The normalized spacial score (nSPS) is 16.4. The van der Waals surface area contributed by atoms with Crippen LogP contribution in [0.25, 0.3) is 22.4 Å². The van der Waals surface area contributed by atoms with Crippen LogP contribution in [0.15, 0.2) is 42.6 Å². The minimum absolute atomic E-state index is 0.170. The minimum Gasteiger partial charge on any atom is -0.453 e. The van der Waals surface area contributed by atoms with Gasteiger partial charge in [0.05, 0.1) is 36.3 Å². The number of amides is 2. The Morgan fingerprint density at radius 3 is 2.46 bits per heavy atom. The first-order valence-electron chi connectivity index (χ1n) is 12.4. The number of aromatic nitrogens is 2. The molecule has 2 heterocycles. The van der Waals surface area contributed by atoms with Crippen LogP contribution in [-0.4, -0.2) is 46.6 Å². The van der Waals surface area contributed by atoms with Gasteiger partial charge in [0.1, 0.15) is 17.7 Å². The maximum absolute atomic E-state index is 14.0. The molecule has 1 fully saturated rings. The lowest BCUT2D eigenvalue weighted by atomic mass is 9.97. The zero-order chi connectivity index (χ0) is 28.5. The zero-order valence-corrected chi connectivity index (χ0v) is 21.6. The van der Waals surface area contributed by atoms with Gasteiger partial charge in [-0.05, 0) is 47.6 Å². The third-order valence-corrected chi connectivity index (χ3v) is 6.79. The fourth-order valence-electron chi connectivity index (χ4n) is 4.74. The number of benzene rings is 2. The Morgan fingerprint density at radius 2 is 1.85 bits per heavy atom. The van der Waals surface area contributed by atoms with Crippen molar-refractivity contribution in [1.29, 1.82) is 0 Å². The first-order valence-corrected chi connectivity index (χ1v) is 12.4. The van der Waals surface area contributed by atoms with Crippen molar-refractivity contribution in [2.45, 2.75) is 44.9 Å². The topological polar surface area (TPSA) is 113 Å². The summed E-state index contributed by atoms with van der Waals surface area (Å²) in [4.78, 5) is 34.4. The van der Waals surface area contributed by atoms with Crippen LogP contribution in [0, 0.1) is 11.7 Å². The third kappa shape index (κ3) is 5.84. The molecule has 4 N–H and O–H groups in total. The Labute approximate surface area is 222 Å². The van der Waals surface area contributed by atoms with Gasteiger partial charge in [-0.2, -0.15) is 13.2 Å². The third-order valence-electron chi connectivity index (χ3n) is 6.79. The van der Waals surface area contributed by atoms with Crippen LogP contribution >= 0.6 is 0 Å². The maximum Gasteiger partial charge on any atom is 0.417 e. The molecule has 0 saturated carbocycles. The summed E-state index contributed by atoms with van der Waals surface area (Å²) in [5.74, 6) is -0.787. The van der Waals surface area contributed by atoms with Gasteiger partial charge < -0.3 is 25.7 Å². The fourth-order valence-corrected chi connectivity index (χ4v) is 4.74. The maximum atomic E-state index is 14.0. The SMILES string of the molecule is COC(=O)NC(C(=O)N1CCCC1c1ncc(-c2ccc(-c3cc(F)c(N)cc3C(F)(F)F)cc2)[nH]1)C(C)C. The molecule has 2 unspecified atom stereocenters. The van der Waals surface area contributed by atoms with Crippen molar-refractivity contribution in [3.63, 3.8) is 0 Å². The number of alkyl carbamates (subject to hydrolysis) is 1. The number of imidazole rings is 1. The van der Waals surface area contributed by atoms with Gasteiger partial charge in [-0.25, -0.2) is 14.2 Å². The quantitative estimate of drug-likeness (QED) is 0.278. The van der Waals surface area contributed by atoms with E-state index < -0.39 is 35.4 Å². The molecule has 0 spiro atoms. The van der Waals surface area contributed by atoms with Gasteiger partial charge in [-0.3, -0.25) is 4.79 Å². The van der Waals surface area contributed by atoms with E-state index in [2.05, 4.69) is 20.0 Å². The highest BCUT2D eigenvalue weighted by Crippen LogP contribution is 2.40. The lowest BCUT2D eigenvalue weighted by Crippen LogP contribution is -2.51. The van der Waals surface area contributed by atoms with Crippen molar-refractivity contribution < 1.29 is 31.9 Å². The van der Waals surface area contributed by atoms with Gasteiger partial charge in [0.2, 0.25) is 5.91 Å². The minimum atomic E-state index is -4.71. The summed E-state index contributed by atoms with van der Waals surface area (Å²) in [6, 6.07) is 6.42. The molecule has 208 valence electrons. The number of hydrogen-bond donors (Lipinski definition) is 3. The van der Waals surface area contributed by atoms with E-state index in [0.717, 1.165) is 12.5 Å². The van der Waals surface area contributed by atoms with Crippen molar-refractivity contribution in [2.75, 3.05) is 19.4 Å². The molecule has 2 amide bonds. The fraction of sp³-hybridized carbons (Fsp3) is 0.370. The molecule has 1 aromatic heterocycles. The molecule has 2 aromatic carbocycles. The van der Waals surface area contributed by atoms with Gasteiger partial charge in [0.15, 0.2) is 0 Å². The number of halogens is 4. The van der Waals surface area contributed by atoms with Crippen LogP contribution in [0.5, 0.6) is 0 Å². The summed E-state index contributed by atoms with van der Waals surface area (Å²) in [6.45, 7) is 4.16. The molecular weight excluding hydrogens is 518 g/mol. The zero-order valence-electron chi connectivity index (χ0n) is 21.6. The van der Waals surface area contributed by atoms with Crippen molar-refractivity contribution in [2.24, 2.45) is 5.92 Å². The highest BCUT2D eigenvalue weighted by molar-refractivity contribution is 5.86. The Morgan fingerprint density at radius 1 is 1.18 bits per heavy atom. The van der Waals surface area contributed by atoms with Crippen LogP contribution < -0.4 is 11.1 Å². The number of likely N-dealkylation sites (tertiary alicyclic amines) is 1. The lowest BCUT2D eigenvalue weighted by molar-refractivity contribution is -0.137. The van der Waals surface area contributed by atoms with Gasteiger partial charge in [0.25, 0.3) is 0 Å². The Kier molecular flexibility index (Phi) is 7.84. The molecule has 0 aliphatic carbocycles. The molecule has 8 nitrogen and oxygen atoms in total. The van der Waals surface area contributed by atoms with Crippen LogP contribution in [-0.2, 0) is 15.7 Å². The lowest BCUT2D eigenvalue weighted by Gasteiger charge is -2.30. The number of nitrogens with one attached hydrogen (secondary N) is 2. The number of carbonyl (C=O) groups is 2. The molecule has 12 heteroatoms. The molecular formula is C27H29F4N5O3. The van der Waals surface area contributed by atoms with E-state index in [1.807, 2.05) is 13.8 Å². The van der Waals surface area contributed by atoms with Gasteiger partial charge >= 0.3 is 12.3 Å². The highest BCUT2D eigenvalue weighted by Gasteiger charge is 2.38. The number of nitrogens with two attached hydrogens (primary N) is 1. The predicted molar refractivity (Wildman–Crippen MR) is 137 cm³/mol. The number of aromatic amines is 1. The van der Waals surface area contributed by atoms with E-state index in [1.54, 1.807) is 23.2 Å². The number of rotatable bonds is 6. The summed E-state index contributed by atoms with van der Waals surface area (Å²) in [5.41, 5.74) is 4.88. The standard InChI is InChI=1S/C27H29F4N5O3/c1-14(2)23(35-26(38)39-3)25(37)36-10-4-5-22(36)24-33-13-21(34-24)16-8-6-15(7-9-16)17-11-19(28)20(32)12-18(17)27(29,30)31/h6-9,11-14,22-23H,4-5,10,32H2,1-3H3,(H,33,34)(H,35,38). The molecule has 4 rings (SSSR count). The molecule has 2 atom stereocenters. The number of anilines is 1. The largest absolute Gasteiger partial charge is 0.453 e. The van der Waals surface area contributed by atoms with E-state index in [0.29, 0.717) is 36.1 Å². The molecule has 0 radical (unpaired) electrons. The number of alkyl halides is 3. The van der Waals surface area contributed by atoms with E-state index in [4.69, 9.17) is 5.73 Å². The second-order valence-corrected chi connectivity index (χ2v) is 9.72. The molecule has 1 aliphatic heterocycles. The summed E-state index contributed by atoms with van der Waals surface area (Å²) in [6.07, 6.45) is -2.39. The average molecular weight is 548 g/mol. The van der Waals surface area contributed by atoms with Crippen molar-refractivity contribution >= 4 is 17.7 Å². The molecule has 3 aromatic rings. The second-order valence-electron chi connectivity index (χ2n) is 9.72. The van der Waals surface area contributed by atoms with Gasteiger partial charge in [-0.1, -0.05) is 38.1 Å². The van der Waals surface area contributed by atoms with Crippen LogP contribution in [0.1, 0.15) is 44.1 Å². The first-order chi connectivity index (χ1) is 18.4. The number of methoxy groups -OCH3 is 1. The van der Waals surface area contributed by atoms with Gasteiger partial charge in [-0.15, -0.1) is 0 Å². The van der Waals surface area contributed by atoms with Crippen LogP contribution in [0.2, 0.25) is 0 Å². The molecule has 39 heavy (non-hydrogen) atoms. The number of nitrogens with zero attached hydrogens (tertiary/aromatic N) is 2. The van der Waals surface area contributed by atoms with E-state index in [1.165, 1.54) is 19.2 Å². The van der Waals surface area contributed by atoms with E-state index in [-0.39, 0.29) is 29.0 Å². The summed E-state index contributed by atoms with van der Waals surface area (Å²) < 4.78 is 59.4. The molecule has 1 saturated heterocycles. The van der Waals surface area contributed by atoms with Gasteiger partial charge in [0, 0.05) is 6.54 Å². The van der Waals surface area contributed by atoms with Crippen molar-refractivity contribution in [1.82, 2.24) is 20.2 Å². The van der Waals surface area contributed by atoms with Crippen LogP contribution in [0.4, 0.5) is 28.0 Å². The Bertz CT molecular complexity index is 1350. The van der Waals surface area contributed by atoms with E-state index in [9.17, 15) is 27.2 Å². The Hall–Kier alpha value is -4.09. The van der Waals surface area contributed by atoms with Crippen molar-refractivity contribution in [3.05, 3.63) is 59.8 Å². The number of hydrogen-bond acceptors (Lipinski definition) is 5. The number of nitrogen functional groups attached to an aromatic ring is 1.